The summed E-state index contributed by atoms with van der Waals surface area (Å²) in [4.78, 5) is 24.2. The van der Waals surface area contributed by atoms with Crippen LogP contribution >= 0.6 is 11.3 Å². The van der Waals surface area contributed by atoms with Gasteiger partial charge in [0.1, 0.15) is 0 Å². The Kier molecular flexibility index (Phi) is 4.64. The highest BCUT2D eigenvalue weighted by atomic mass is 32.1. The molecule has 1 aromatic carbocycles. The molecule has 3 aromatic rings. The lowest BCUT2D eigenvalue weighted by atomic mass is 10.1. The molecule has 1 amide bonds. The lowest BCUT2D eigenvalue weighted by Crippen LogP contribution is -2.34. The van der Waals surface area contributed by atoms with Crippen LogP contribution in [0.25, 0.3) is 11.0 Å². The minimum Gasteiger partial charge on any atom is -0.350 e. The second kappa shape index (κ2) is 6.85. The molecule has 5 nitrogen and oxygen atoms in total. The predicted octanol–water partition coefficient (Wildman–Crippen LogP) is 2.72. The topological polar surface area (TPSA) is 58.1 Å². The number of amides is 1. The van der Waals surface area contributed by atoms with Gasteiger partial charge in [-0.05, 0) is 43.7 Å². The summed E-state index contributed by atoms with van der Waals surface area (Å²) in [5, 5.41) is 5.06. The fourth-order valence-electron chi connectivity index (χ4n) is 2.41. The van der Waals surface area contributed by atoms with Crippen LogP contribution in [0.3, 0.4) is 0 Å². The van der Waals surface area contributed by atoms with Gasteiger partial charge in [-0.1, -0.05) is 6.07 Å². The van der Waals surface area contributed by atoms with E-state index < -0.39 is 0 Å². The Balaban J connectivity index is 1.72. The Hall–Kier alpha value is -2.31. The normalized spacial score (nSPS) is 12.5. The van der Waals surface area contributed by atoms with E-state index in [2.05, 4.69) is 31.6 Å². The molecule has 0 saturated heterocycles. The number of carbonyl (C=O) groups is 1. The number of nitrogens with one attached hydrogen (secondary N) is 1. The fourth-order valence-corrected chi connectivity index (χ4v) is 3.34. The molecule has 2 heterocycles. The van der Waals surface area contributed by atoms with Crippen LogP contribution in [0.15, 0.2) is 48.1 Å². The smallest absolute Gasteiger partial charge is 0.251 e. The maximum atomic E-state index is 12.4. The molecule has 0 fully saturated rings. The van der Waals surface area contributed by atoms with E-state index in [1.165, 1.54) is 4.88 Å². The van der Waals surface area contributed by atoms with E-state index in [9.17, 15) is 4.79 Å². The molecular formula is C17H18N4OS. The summed E-state index contributed by atoms with van der Waals surface area (Å²) in [6.45, 7) is 0.560. The van der Waals surface area contributed by atoms with Crippen LogP contribution < -0.4 is 5.32 Å². The van der Waals surface area contributed by atoms with Gasteiger partial charge in [-0.25, -0.2) is 0 Å². The van der Waals surface area contributed by atoms with E-state index in [0.717, 1.165) is 11.0 Å². The molecule has 0 saturated carbocycles. The van der Waals surface area contributed by atoms with Crippen molar-refractivity contribution in [3.63, 3.8) is 0 Å². The summed E-state index contributed by atoms with van der Waals surface area (Å²) in [6.07, 6.45) is 3.27. The molecule has 2 aromatic heterocycles. The van der Waals surface area contributed by atoms with Gasteiger partial charge in [-0.15, -0.1) is 11.3 Å². The fraction of sp³-hybridized carbons (Fsp3) is 0.235. The standard InChI is InChI=1S/C17H18N4OS/c1-21(2)15(16-4-3-9-23-16)11-20-17(22)12-5-6-13-14(10-12)19-8-7-18-13/h3-10,15H,11H2,1-2H3,(H,20,22). The minimum atomic E-state index is -0.0963. The molecule has 23 heavy (non-hydrogen) atoms. The summed E-state index contributed by atoms with van der Waals surface area (Å²) in [7, 11) is 4.03. The van der Waals surface area contributed by atoms with Crippen LogP contribution in [0.1, 0.15) is 21.3 Å². The van der Waals surface area contributed by atoms with Gasteiger partial charge in [-0.3, -0.25) is 14.8 Å². The first kappa shape index (κ1) is 15.6. The number of nitrogens with zero attached hydrogens (tertiary/aromatic N) is 3. The summed E-state index contributed by atoms with van der Waals surface area (Å²) < 4.78 is 0. The van der Waals surface area contributed by atoms with Gasteiger partial charge in [-0.2, -0.15) is 0 Å². The molecule has 0 aliphatic heterocycles. The van der Waals surface area contributed by atoms with Gasteiger partial charge in [0.2, 0.25) is 0 Å². The third-order valence-electron chi connectivity index (χ3n) is 3.68. The van der Waals surface area contributed by atoms with Crippen molar-refractivity contribution < 1.29 is 4.79 Å². The Morgan fingerprint density at radius 1 is 1.22 bits per heavy atom. The molecule has 0 spiro atoms. The zero-order chi connectivity index (χ0) is 16.2. The maximum Gasteiger partial charge on any atom is 0.251 e. The van der Waals surface area contributed by atoms with E-state index >= 15 is 0 Å². The first-order chi connectivity index (χ1) is 11.1. The maximum absolute atomic E-state index is 12.4. The van der Waals surface area contributed by atoms with Crippen LogP contribution in [0, 0.1) is 0 Å². The second-order valence-corrected chi connectivity index (χ2v) is 6.44. The van der Waals surface area contributed by atoms with Gasteiger partial charge in [0.05, 0.1) is 17.1 Å². The highest BCUT2D eigenvalue weighted by Gasteiger charge is 2.17. The molecule has 0 bridgehead atoms. The molecule has 1 atom stereocenters. The van der Waals surface area contributed by atoms with Gasteiger partial charge in [0.25, 0.3) is 5.91 Å². The van der Waals surface area contributed by atoms with Crippen molar-refractivity contribution in [2.75, 3.05) is 20.6 Å². The summed E-state index contributed by atoms with van der Waals surface area (Å²) in [6, 6.07) is 9.66. The van der Waals surface area contributed by atoms with Gasteiger partial charge in [0.15, 0.2) is 0 Å². The van der Waals surface area contributed by atoms with Crippen LogP contribution in [-0.2, 0) is 0 Å². The highest BCUT2D eigenvalue weighted by Crippen LogP contribution is 2.22. The number of carbonyl (C=O) groups excluding carboxylic acids is 1. The average molecular weight is 326 g/mol. The number of rotatable bonds is 5. The Labute approximate surface area is 139 Å². The van der Waals surface area contributed by atoms with Crippen LogP contribution in [-0.4, -0.2) is 41.4 Å². The molecule has 3 rings (SSSR count). The van der Waals surface area contributed by atoms with Gasteiger partial charge in [0, 0.05) is 29.4 Å². The molecule has 0 aliphatic rings. The molecule has 1 unspecified atom stereocenters. The predicted molar refractivity (Wildman–Crippen MR) is 92.6 cm³/mol. The number of benzene rings is 1. The van der Waals surface area contributed by atoms with E-state index in [1.807, 2.05) is 26.2 Å². The number of likely N-dealkylation sites (N-methyl/N-ethyl adjacent to an activating group) is 1. The third kappa shape index (κ3) is 3.55. The number of hydrogen-bond acceptors (Lipinski definition) is 5. The van der Waals surface area contributed by atoms with E-state index in [4.69, 9.17) is 0 Å². The molecule has 1 N–H and O–H groups in total. The van der Waals surface area contributed by atoms with Gasteiger partial charge >= 0.3 is 0 Å². The quantitative estimate of drug-likeness (QED) is 0.783. The Morgan fingerprint density at radius 3 is 2.70 bits per heavy atom. The van der Waals surface area contributed by atoms with Crippen LogP contribution in [0.2, 0.25) is 0 Å². The van der Waals surface area contributed by atoms with Crippen molar-refractivity contribution in [2.24, 2.45) is 0 Å². The largest absolute Gasteiger partial charge is 0.350 e. The molecule has 0 aliphatic carbocycles. The Bertz CT molecular complexity index is 801. The Morgan fingerprint density at radius 2 is 2.00 bits per heavy atom. The van der Waals surface area contributed by atoms with Crippen molar-refractivity contribution in [3.05, 3.63) is 58.5 Å². The first-order valence-corrected chi connectivity index (χ1v) is 8.22. The van der Waals surface area contributed by atoms with Crippen molar-refractivity contribution in [2.45, 2.75) is 6.04 Å². The molecule has 0 radical (unpaired) electrons. The third-order valence-corrected chi connectivity index (χ3v) is 4.66. The van der Waals surface area contributed by atoms with Crippen LogP contribution in [0.4, 0.5) is 0 Å². The zero-order valence-corrected chi connectivity index (χ0v) is 13.9. The number of aromatic nitrogens is 2. The number of thiophene rings is 1. The number of hydrogen-bond donors (Lipinski definition) is 1. The summed E-state index contributed by atoms with van der Waals surface area (Å²) in [5.41, 5.74) is 2.11. The minimum absolute atomic E-state index is 0.0963. The van der Waals surface area contributed by atoms with Crippen molar-refractivity contribution in [1.82, 2.24) is 20.2 Å². The highest BCUT2D eigenvalue weighted by molar-refractivity contribution is 7.10. The molecular weight excluding hydrogens is 308 g/mol. The monoisotopic (exact) mass is 326 g/mol. The van der Waals surface area contributed by atoms with Crippen LogP contribution in [0.5, 0.6) is 0 Å². The molecule has 118 valence electrons. The summed E-state index contributed by atoms with van der Waals surface area (Å²) >= 11 is 1.70. The lowest BCUT2D eigenvalue weighted by molar-refractivity contribution is 0.0942. The van der Waals surface area contributed by atoms with E-state index in [1.54, 1.807) is 35.9 Å². The first-order valence-electron chi connectivity index (χ1n) is 7.34. The van der Waals surface area contributed by atoms with E-state index in [-0.39, 0.29) is 11.9 Å². The average Bonchev–Trinajstić information content (AvgIpc) is 3.08. The van der Waals surface area contributed by atoms with Gasteiger partial charge < -0.3 is 10.2 Å². The second-order valence-electron chi connectivity index (χ2n) is 5.46. The number of fused-ring (bicyclic) bond motifs is 1. The van der Waals surface area contributed by atoms with Crippen molar-refractivity contribution in [1.29, 1.82) is 0 Å². The molecule has 6 heteroatoms. The van der Waals surface area contributed by atoms with Crippen molar-refractivity contribution in [3.8, 4) is 0 Å². The summed E-state index contributed by atoms with van der Waals surface area (Å²) in [5.74, 6) is -0.0963. The van der Waals surface area contributed by atoms with Crippen molar-refractivity contribution >= 4 is 28.3 Å². The van der Waals surface area contributed by atoms with E-state index in [0.29, 0.717) is 12.1 Å². The SMILES string of the molecule is CN(C)C(CNC(=O)c1ccc2nccnc2c1)c1cccs1. The zero-order valence-electron chi connectivity index (χ0n) is 13.1. The lowest BCUT2D eigenvalue weighted by Gasteiger charge is -2.23.